The zero-order chi connectivity index (χ0) is 12.1. The number of ether oxygens (including phenoxy) is 2. The maximum atomic E-state index is 11.4. The van der Waals surface area contributed by atoms with Crippen molar-refractivity contribution in [2.24, 2.45) is 0 Å². The van der Waals surface area contributed by atoms with E-state index < -0.39 is 0 Å². The third-order valence-corrected chi connectivity index (χ3v) is 2.98. The van der Waals surface area contributed by atoms with Crippen LogP contribution in [0.5, 0.6) is 5.75 Å². The first-order chi connectivity index (χ1) is 7.58. The number of hydrogen-bond donors (Lipinski definition) is 0. The highest BCUT2D eigenvalue weighted by Gasteiger charge is 2.13. The van der Waals surface area contributed by atoms with Crippen LogP contribution in [0.1, 0.15) is 12.5 Å². The Balaban J connectivity index is 2.97. The summed E-state index contributed by atoms with van der Waals surface area (Å²) in [6.45, 7) is 2.17. The highest BCUT2D eigenvalue weighted by molar-refractivity contribution is 9.11. The number of esters is 1. The predicted molar refractivity (Wildman–Crippen MR) is 68.7 cm³/mol. The molecule has 0 heterocycles. The van der Waals surface area contributed by atoms with Crippen LogP contribution >= 0.6 is 31.9 Å². The molecular formula is C11H12Br2O3. The van der Waals surface area contributed by atoms with Gasteiger partial charge in [-0.2, -0.15) is 0 Å². The largest absolute Gasteiger partial charge is 0.495 e. The molecule has 0 aliphatic carbocycles. The van der Waals surface area contributed by atoms with Crippen molar-refractivity contribution < 1.29 is 14.3 Å². The molecule has 16 heavy (non-hydrogen) atoms. The zero-order valence-electron chi connectivity index (χ0n) is 9.05. The van der Waals surface area contributed by atoms with Gasteiger partial charge in [0.1, 0.15) is 5.75 Å². The fourth-order valence-corrected chi connectivity index (χ4v) is 2.82. The van der Waals surface area contributed by atoms with Crippen molar-refractivity contribution in [2.75, 3.05) is 13.7 Å². The minimum absolute atomic E-state index is 0.203. The van der Waals surface area contributed by atoms with Gasteiger partial charge in [0.05, 0.1) is 24.6 Å². The van der Waals surface area contributed by atoms with Crippen molar-refractivity contribution in [1.82, 2.24) is 0 Å². The minimum atomic E-state index is -0.259. The van der Waals surface area contributed by atoms with E-state index in [0.717, 1.165) is 14.5 Å². The Kier molecular flexibility index (Phi) is 5.28. The lowest BCUT2D eigenvalue weighted by atomic mass is 10.1. The number of carbonyl (C=O) groups excluding carboxylic acids is 1. The van der Waals surface area contributed by atoms with E-state index in [1.807, 2.05) is 12.1 Å². The summed E-state index contributed by atoms with van der Waals surface area (Å²) < 4.78 is 11.8. The molecule has 0 aromatic heterocycles. The second-order valence-corrected chi connectivity index (χ2v) is 4.83. The third-order valence-electron chi connectivity index (χ3n) is 1.93. The molecule has 0 bridgehead atoms. The molecule has 0 atom stereocenters. The number of hydrogen-bond acceptors (Lipinski definition) is 3. The fraction of sp³-hybridized carbons (Fsp3) is 0.364. The van der Waals surface area contributed by atoms with E-state index in [1.165, 1.54) is 0 Å². The molecule has 0 spiro atoms. The monoisotopic (exact) mass is 350 g/mol. The summed E-state index contributed by atoms with van der Waals surface area (Å²) in [5.41, 5.74) is 0.794. The van der Waals surface area contributed by atoms with E-state index in [-0.39, 0.29) is 12.4 Å². The molecule has 1 rings (SSSR count). The van der Waals surface area contributed by atoms with Crippen LogP contribution in [0.2, 0.25) is 0 Å². The van der Waals surface area contributed by atoms with Gasteiger partial charge < -0.3 is 9.47 Å². The summed E-state index contributed by atoms with van der Waals surface area (Å²) in [5.74, 6) is 0.405. The molecule has 0 aliphatic heterocycles. The van der Waals surface area contributed by atoms with Crippen molar-refractivity contribution in [1.29, 1.82) is 0 Å². The summed E-state index contributed by atoms with van der Waals surface area (Å²) in [5, 5.41) is 0. The van der Waals surface area contributed by atoms with Crippen LogP contribution in [0.4, 0.5) is 0 Å². The second-order valence-electron chi connectivity index (χ2n) is 3.06. The third kappa shape index (κ3) is 3.49. The van der Waals surface area contributed by atoms with Crippen molar-refractivity contribution >= 4 is 37.8 Å². The number of benzene rings is 1. The normalized spacial score (nSPS) is 10.0. The maximum Gasteiger partial charge on any atom is 0.310 e. The molecule has 1 aromatic rings. The van der Waals surface area contributed by atoms with Gasteiger partial charge in [-0.15, -0.1) is 0 Å². The van der Waals surface area contributed by atoms with Crippen LogP contribution in [-0.2, 0) is 16.0 Å². The molecule has 5 heteroatoms. The fourth-order valence-electron chi connectivity index (χ4n) is 1.34. The lowest BCUT2D eigenvalue weighted by Gasteiger charge is -2.10. The first kappa shape index (κ1) is 13.5. The van der Waals surface area contributed by atoms with Gasteiger partial charge in [-0.05, 0) is 35.0 Å². The smallest absolute Gasteiger partial charge is 0.310 e. The standard InChI is InChI=1S/C11H12Br2O3/c1-3-16-10(14)5-7-4-8(12)6-9(13)11(7)15-2/h4,6H,3,5H2,1-2H3. The van der Waals surface area contributed by atoms with Gasteiger partial charge in [0, 0.05) is 10.0 Å². The van der Waals surface area contributed by atoms with Gasteiger partial charge in [-0.25, -0.2) is 0 Å². The Bertz CT molecular complexity index is 391. The highest BCUT2D eigenvalue weighted by Crippen LogP contribution is 2.33. The van der Waals surface area contributed by atoms with Crippen LogP contribution < -0.4 is 4.74 Å². The Hall–Kier alpha value is -0.550. The lowest BCUT2D eigenvalue weighted by molar-refractivity contribution is -0.142. The van der Waals surface area contributed by atoms with Crippen LogP contribution in [-0.4, -0.2) is 19.7 Å². The summed E-state index contributed by atoms with van der Waals surface area (Å²) >= 11 is 6.75. The Morgan fingerprint density at radius 3 is 2.62 bits per heavy atom. The predicted octanol–water partition coefficient (Wildman–Crippen LogP) is 3.33. The van der Waals surface area contributed by atoms with Crippen molar-refractivity contribution in [3.63, 3.8) is 0 Å². The number of methoxy groups -OCH3 is 1. The Morgan fingerprint density at radius 2 is 2.06 bits per heavy atom. The van der Waals surface area contributed by atoms with Crippen molar-refractivity contribution in [3.05, 3.63) is 26.6 Å². The number of halogens is 2. The van der Waals surface area contributed by atoms with Crippen LogP contribution in [0.25, 0.3) is 0 Å². The van der Waals surface area contributed by atoms with Crippen LogP contribution in [0, 0.1) is 0 Å². The van der Waals surface area contributed by atoms with E-state index >= 15 is 0 Å². The van der Waals surface area contributed by atoms with Crippen LogP contribution in [0.3, 0.4) is 0 Å². The molecule has 0 N–H and O–H groups in total. The number of rotatable bonds is 4. The molecular weight excluding hydrogens is 340 g/mol. The molecule has 0 aliphatic rings. The van der Waals surface area contributed by atoms with Gasteiger partial charge in [0.25, 0.3) is 0 Å². The molecule has 3 nitrogen and oxygen atoms in total. The molecule has 0 unspecified atom stereocenters. The molecule has 88 valence electrons. The van der Waals surface area contributed by atoms with Crippen molar-refractivity contribution in [3.8, 4) is 5.75 Å². The molecule has 0 fully saturated rings. The molecule has 0 saturated heterocycles. The molecule has 0 radical (unpaired) electrons. The topological polar surface area (TPSA) is 35.5 Å². The average Bonchev–Trinajstić information content (AvgIpc) is 2.17. The first-order valence-electron chi connectivity index (χ1n) is 4.76. The van der Waals surface area contributed by atoms with E-state index in [0.29, 0.717) is 12.4 Å². The Labute approximate surface area is 111 Å². The van der Waals surface area contributed by atoms with E-state index in [1.54, 1.807) is 14.0 Å². The molecule has 0 amide bonds. The molecule has 0 saturated carbocycles. The van der Waals surface area contributed by atoms with Crippen molar-refractivity contribution in [2.45, 2.75) is 13.3 Å². The highest BCUT2D eigenvalue weighted by atomic mass is 79.9. The van der Waals surface area contributed by atoms with E-state index in [4.69, 9.17) is 9.47 Å². The lowest BCUT2D eigenvalue weighted by Crippen LogP contribution is -2.08. The van der Waals surface area contributed by atoms with Gasteiger partial charge in [-0.1, -0.05) is 15.9 Å². The van der Waals surface area contributed by atoms with Gasteiger partial charge in [0.2, 0.25) is 0 Å². The summed E-state index contributed by atoms with van der Waals surface area (Å²) in [4.78, 5) is 11.4. The summed E-state index contributed by atoms with van der Waals surface area (Å²) in [6.07, 6.45) is 0.203. The Morgan fingerprint density at radius 1 is 1.38 bits per heavy atom. The van der Waals surface area contributed by atoms with Gasteiger partial charge >= 0.3 is 5.97 Å². The van der Waals surface area contributed by atoms with Gasteiger partial charge in [-0.3, -0.25) is 4.79 Å². The van der Waals surface area contributed by atoms with Crippen LogP contribution in [0.15, 0.2) is 21.1 Å². The SMILES string of the molecule is CCOC(=O)Cc1cc(Br)cc(Br)c1OC. The van der Waals surface area contributed by atoms with E-state index in [2.05, 4.69) is 31.9 Å². The maximum absolute atomic E-state index is 11.4. The zero-order valence-corrected chi connectivity index (χ0v) is 12.2. The quantitative estimate of drug-likeness (QED) is 0.780. The average molecular weight is 352 g/mol. The summed E-state index contributed by atoms with van der Waals surface area (Å²) in [7, 11) is 1.57. The molecule has 1 aromatic carbocycles. The second kappa shape index (κ2) is 6.25. The first-order valence-corrected chi connectivity index (χ1v) is 6.34. The number of carbonyl (C=O) groups is 1. The minimum Gasteiger partial charge on any atom is -0.495 e. The summed E-state index contributed by atoms with van der Waals surface area (Å²) in [6, 6.07) is 3.72. The van der Waals surface area contributed by atoms with Gasteiger partial charge in [0.15, 0.2) is 0 Å². The van der Waals surface area contributed by atoms with E-state index in [9.17, 15) is 4.79 Å².